The molecule has 0 bridgehead atoms. The zero-order chi connectivity index (χ0) is 25.5. The van der Waals surface area contributed by atoms with Crippen LogP contribution in [-0.4, -0.2) is 35.7 Å². The van der Waals surface area contributed by atoms with E-state index in [1.54, 1.807) is 0 Å². The zero-order valence-corrected chi connectivity index (χ0v) is 22.2. The van der Waals surface area contributed by atoms with E-state index in [2.05, 4.69) is 5.32 Å². The van der Waals surface area contributed by atoms with Crippen molar-refractivity contribution in [2.24, 2.45) is 0 Å². The zero-order valence-electron chi connectivity index (χ0n) is 21.4. The van der Waals surface area contributed by atoms with Crippen molar-refractivity contribution < 1.29 is 23.7 Å². The van der Waals surface area contributed by atoms with Crippen molar-refractivity contribution in [3.63, 3.8) is 0 Å². The van der Waals surface area contributed by atoms with Crippen LogP contribution in [0.3, 0.4) is 0 Å². The lowest BCUT2D eigenvalue weighted by Crippen LogP contribution is -2.40. The maximum absolute atomic E-state index is 12.7. The van der Waals surface area contributed by atoms with Crippen molar-refractivity contribution in [3.05, 3.63) is 71.8 Å². The molecule has 0 spiro atoms. The molecule has 0 heterocycles. The average molecular weight is 516 g/mol. The first kappa shape index (κ1) is 28.6. The summed E-state index contributed by atoms with van der Waals surface area (Å²) in [5.41, 5.74) is 1.76. The largest absolute Gasteiger partial charge is 0.481 e. The lowest BCUT2D eigenvalue weighted by molar-refractivity contribution is -0.134. The Bertz CT molecular complexity index is 896. The molecule has 2 aliphatic rings. The smallest absolute Gasteiger partial charge is 0.313 e. The number of rotatable bonds is 11. The number of carboxylic acids is 1. The standard InChI is InChI=1S/C17H19O5P.C12H23N/c18-17(19)13-23(20,22-12-16-9-5-2-6-10-16)14-21-11-15-7-3-1-4-8-15;1-3-7-11(8-4-1)13-12-9-5-2-6-10-12/h1-10H,11-14H2,(H,18,19);11-13H,1-10H2. The van der Waals surface area contributed by atoms with Crippen LogP contribution < -0.4 is 5.32 Å². The molecule has 0 aliphatic heterocycles. The van der Waals surface area contributed by atoms with Crippen LogP contribution in [0.1, 0.15) is 75.3 Å². The summed E-state index contributed by atoms with van der Waals surface area (Å²) in [5, 5.41) is 12.8. The quantitative estimate of drug-likeness (QED) is 0.314. The number of carbonyl (C=O) groups is 1. The molecule has 0 amide bonds. The molecule has 198 valence electrons. The van der Waals surface area contributed by atoms with E-state index >= 15 is 0 Å². The van der Waals surface area contributed by atoms with Crippen LogP contribution >= 0.6 is 7.37 Å². The molecule has 2 aliphatic carbocycles. The number of hydrogen-bond donors (Lipinski definition) is 2. The summed E-state index contributed by atoms with van der Waals surface area (Å²) < 4.78 is 23.5. The van der Waals surface area contributed by atoms with E-state index in [9.17, 15) is 9.36 Å². The van der Waals surface area contributed by atoms with Gasteiger partial charge < -0.3 is 19.7 Å². The van der Waals surface area contributed by atoms with Gasteiger partial charge in [0.25, 0.3) is 0 Å². The number of benzene rings is 2. The average Bonchev–Trinajstić information content (AvgIpc) is 2.90. The summed E-state index contributed by atoms with van der Waals surface area (Å²) in [6.07, 6.45) is 13.8. The van der Waals surface area contributed by atoms with Gasteiger partial charge in [0.2, 0.25) is 7.37 Å². The molecule has 2 saturated carbocycles. The van der Waals surface area contributed by atoms with Gasteiger partial charge in [-0.25, -0.2) is 0 Å². The molecule has 1 atom stereocenters. The van der Waals surface area contributed by atoms with Crippen molar-refractivity contribution in [2.75, 3.05) is 12.5 Å². The van der Waals surface area contributed by atoms with Crippen LogP contribution in [-0.2, 0) is 31.8 Å². The van der Waals surface area contributed by atoms with Gasteiger partial charge >= 0.3 is 5.97 Å². The second-order valence-corrected chi connectivity index (χ2v) is 12.4. The minimum atomic E-state index is -3.40. The van der Waals surface area contributed by atoms with Crippen molar-refractivity contribution in [2.45, 2.75) is 89.5 Å². The summed E-state index contributed by atoms with van der Waals surface area (Å²) in [5.74, 6) is -1.16. The van der Waals surface area contributed by atoms with Crippen molar-refractivity contribution in [1.29, 1.82) is 0 Å². The van der Waals surface area contributed by atoms with Crippen LogP contribution in [0.5, 0.6) is 0 Å². The lowest BCUT2D eigenvalue weighted by atomic mass is 9.91. The Kier molecular flexibility index (Phi) is 12.7. The van der Waals surface area contributed by atoms with E-state index in [4.69, 9.17) is 14.4 Å². The first-order valence-corrected chi connectivity index (χ1v) is 15.4. The van der Waals surface area contributed by atoms with Gasteiger partial charge in [-0.1, -0.05) is 99.2 Å². The van der Waals surface area contributed by atoms with E-state index in [0.29, 0.717) is 0 Å². The molecule has 2 N–H and O–H groups in total. The third kappa shape index (κ3) is 11.4. The fourth-order valence-electron chi connectivity index (χ4n) is 4.85. The highest BCUT2D eigenvalue weighted by Gasteiger charge is 2.27. The van der Waals surface area contributed by atoms with Crippen molar-refractivity contribution >= 4 is 13.3 Å². The summed E-state index contributed by atoms with van der Waals surface area (Å²) >= 11 is 0. The van der Waals surface area contributed by atoms with E-state index in [0.717, 1.165) is 23.2 Å². The number of ether oxygens (including phenoxy) is 1. The van der Waals surface area contributed by atoms with Crippen molar-refractivity contribution in [1.82, 2.24) is 5.32 Å². The van der Waals surface area contributed by atoms with Gasteiger partial charge in [-0.2, -0.15) is 0 Å². The number of nitrogens with one attached hydrogen (secondary N) is 1. The minimum absolute atomic E-state index is 0.0973. The summed E-state index contributed by atoms with van der Waals surface area (Å²) in [6, 6.07) is 20.4. The number of hydrogen-bond acceptors (Lipinski definition) is 5. The third-order valence-corrected chi connectivity index (χ3v) is 8.69. The maximum atomic E-state index is 12.7. The van der Waals surface area contributed by atoms with Crippen LogP contribution in [0.2, 0.25) is 0 Å². The predicted molar refractivity (Wildman–Crippen MR) is 144 cm³/mol. The fraction of sp³-hybridized carbons (Fsp3) is 0.552. The van der Waals surface area contributed by atoms with Crippen molar-refractivity contribution in [3.8, 4) is 0 Å². The fourth-order valence-corrected chi connectivity index (χ4v) is 6.27. The van der Waals surface area contributed by atoms with E-state index in [-0.39, 0.29) is 19.6 Å². The molecule has 2 aromatic rings. The molecule has 7 heteroatoms. The first-order valence-electron chi connectivity index (χ1n) is 13.4. The highest BCUT2D eigenvalue weighted by atomic mass is 31.2. The molecule has 2 fully saturated rings. The molecule has 0 saturated heterocycles. The Morgan fingerprint density at radius 1 is 0.778 bits per heavy atom. The van der Waals surface area contributed by atoms with Gasteiger partial charge in [-0.15, -0.1) is 0 Å². The second kappa shape index (κ2) is 16.0. The Hall–Kier alpha value is -1.98. The molecule has 4 rings (SSSR count). The first-order chi connectivity index (χ1) is 17.5. The highest BCUT2D eigenvalue weighted by Crippen LogP contribution is 2.47. The van der Waals surface area contributed by atoms with E-state index < -0.39 is 19.5 Å². The van der Waals surface area contributed by atoms with E-state index in [1.165, 1.54) is 64.2 Å². The van der Waals surface area contributed by atoms with Gasteiger partial charge in [0.1, 0.15) is 12.5 Å². The minimum Gasteiger partial charge on any atom is -0.481 e. The monoisotopic (exact) mass is 515 g/mol. The van der Waals surface area contributed by atoms with Crippen LogP contribution in [0.15, 0.2) is 60.7 Å². The van der Waals surface area contributed by atoms with Gasteiger partial charge in [-0.05, 0) is 36.8 Å². The second-order valence-electron chi connectivity index (χ2n) is 9.93. The van der Waals surface area contributed by atoms with Crippen LogP contribution in [0.25, 0.3) is 0 Å². The van der Waals surface area contributed by atoms with Crippen LogP contribution in [0.4, 0.5) is 0 Å². The van der Waals surface area contributed by atoms with Gasteiger partial charge in [0.05, 0.1) is 13.2 Å². The Morgan fingerprint density at radius 3 is 1.72 bits per heavy atom. The van der Waals surface area contributed by atoms with Gasteiger partial charge in [0, 0.05) is 12.1 Å². The molecule has 2 aromatic carbocycles. The Morgan fingerprint density at radius 2 is 1.25 bits per heavy atom. The van der Waals surface area contributed by atoms with Gasteiger partial charge in [-0.3, -0.25) is 9.36 Å². The Balaban J connectivity index is 0.000000233. The molecular formula is C29H42NO5P. The van der Waals surface area contributed by atoms with Crippen LogP contribution in [0, 0.1) is 0 Å². The molecular weight excluding hydrogens is 473 g/mol. The van der Waals surface area contributed by atoms with Gasteiger partial charge in [0.15, 0.2) is 0 Å². The lowest BCUT2D eigenvalue weighted by Gasteiger charge is -2.30. The predicted octanol–water partition coefficient (Wildman–Crippen LogP) is 6.98. The molecule has 6 nitrogen and oxygen atoms in total. The topological polar surface area (TPSA) is 84.9 Å². The molecule has 36 heavy (non-hydrogen) atoms. The maximum Gasteiger partial charge on any atom is 0.313 e. The van der Waals surface area contributed by atoms with E-state index in [1.807, 2.05) is 60.7 Å². The molecule has 1 unspecified atom stereocenters. The number of aliphatic carboxylic acids is 1. The SMILES string of the molecule is C1CCC(NC2CCCCC2)CC1.O=C(O)CP(=O)(COCc1ccccc1)OCc1ccccc1. The summed E-state index contributed by atoms with van der Waals surface area (Å²) in [7, 11) is -3.40. The molecule has 0 radical (unpaired) electrons. The summed E-state index contributed by atoms with van der Waals surface area (Å²) in [4.78, 5) is 11.0. The highest BCUT2D eigenvalue weighted by molar-refractivity contribution is 7.59. The number of carboxylic acid groups (broad SMARTS) is 1. The molecule has 0 aromatic heterocycles. The normalized spacial score (nSPS) is 18.6. The Labute approximate surface area is 216 Å². The third-order valence-electron chi connectivity index (χ3n) is 6.77. The summed E-state index contributed by atoms with van der Waals surface area (Å²) in [6.45, 7) is 0.360.